The van der Waals surface area contributed by atoms with Crippen molar-refractivity contribution in [3.63, 3.8) is 0 Å². The molecule has 0 bridgehead atoms. The Morgan fingerprint density at radius 1 is 0.826 bits per heavy atom. The molecule has 0 aliphatic heterocycles. The molecule has 0 heterocycles. The number of hydrogen-bond donors (Lipinski definition) is 0. The van der Waals surface area contributed by atoms with E-state index in [2.05, 4.69) is 89.6 Å². The quantitative estimate of drug-likeness (QED) is 0.564. The van der Waals surface area contributed by atoms with Gasteiger partial charge in [0.15, 0.2) is 0 Å². The van der Waals surface area contributed by atoms with Crippen molar-refractivity contribution in [3.05, 3.63) is 92.8 Å². The molecule has 2 unspecified atom stereocenters. The second-order valence-corrected chi connectivity index (χ2v) is 18.1. The maximum atomic E-state index is 7.53. The second kappa shape index (κ2) is 6.04. The minimum atomic E-state index is -3.18. The van der Waals surface area contributed by atoms with Crippen LogP contribution in [-0.4, -0.2) is 0 Å². The molecule has 0 saturated heterocycles. The van der Waals surface area contributed by atoms with E-state index in [-0.39, 0.29) is 0 Å². The molecule has 0 fully saturated rings. The Labute approximate surface area is 146 Å². The molecule has 0 spiro atoms. The molecule has 0 aromatic heterocycles. The topological polar surface area (TPSA) is 0 Å². The number of hydrogen-bond acceptors (Lipinski definition) is 0. The number of benzene rings is 2. The summed E-state index contributed by atoms with van der Waals surface area (Å²) in [6.45, 7) is 2.10. The number of fused-ring (bicyclic) bond motifs is 2. The van der Waals surface area contributed by atoms with Crippen molar-refractivity contribution in [1.82, 2.24) is 0 Å². The van der Waals surface area contributed by atoms with Gasteiger partial charge in [-0.1, -0.05) is 0 Å². The van der Waals surface area contributed by atoms with Gasteiger partial charge in [0.2, 0.25) is 0 Å². The minimum absolute atomic E-state index is 0.388. The van der Waals surface area contributed by atoms with Crippen molar-refractivity contribution < 1.29 is 19.1 Å². The predicted octanol–water partition coefficient (Wildman–Crippen LogP) is 6.36. The molecule has 2 aliphatic carbocycles. The fourth-order valence-corrected chi connectivity index (χ4v) is 15.7. The van der Waals surface area contributed by atoms with Gasteiger partial charge in [-0.05, 0) is 0 Å². The third-order valence-electron chi connectivity index (χ3n) is 4.97. The van der Waals surface area contributed by atoms with Crippen molar-refractivity contribution in [2.45, 2.75) is 14.2 Å². The Hall–Kier alpha value is -1.17. The summed E-state index contributed by atoms with van der Waals surface area (Å²) in [7, 11) is 7.53. The van der Waals surface area contributed by atoms with Gasteiger partial charge in [0.1, 0.15) is 0 Å². The summed E-state index contributed by atoms with van der Waals surface area (Å²) in [5.41, 5.74) is 5.49. The number of allylic oxidation sites excluding steroid dienone is 3. The van der Waals surface area contributed by atoms with Crippen LogP contribution in [0.5, 0.6) is 0 Å². The summed E-state index contributed by atoms with van der Waals surface area (Å²) in [4.78, 5) is 0. The average molecular weight is 398 g/mol. The molecule has 4 rings (SSSR count). The fourth-order valence-electron chi connectivity index (χ4n) is 3.93. The van der Waals surface area contributed by atoms with Crippen molar-refractivity contribution in [1.29, 1.82) is 0 Å². The standard InChI is InChI=1S/2C9H7.C3H5.ClH.Zr/c2*1-2-5-9-7-3-6-8(9)4-1;1-3-2;;/h2*1-7H;1,3H,2H3;1H;/q;;;;+1/p-1. The van der Waals surface area contributed by atoms with Gasteiger partial charge >= 0.3 is 147 Å². The fraction of sp³-hybridized carbons (Fsp3) is 0.143. The van der Waals surface area contributed by atoms with Gasteiger partial charge < -0.3 is 0 Å². The van der Waals surface area contributed by atoms with Crippen LogP contribution in [-0.2, 0) is 19.1 Å². The molecule has 0 saturated carbocycles. The number of rotatable bonds is 3. The van der Waals surface area contributed by atoms with E-state index >= 15 is 0 Å². The van der Waals surface area contributed by atoms with Gasteiger partial charge in [0.05, 0.1) is 0 Å². The molecular weight excluding hydrogens is 379 g/mol. The van der Waals surface area contributed by atoms with Gasteiger partial charge in [-0.25, -0.2) is 0 Å². The molecule has 2 heteroatoms. The molecule has 0 amide bonds. The van der Waals surface area contributed by atoms with E-state index in [9.17, 15) is 0 Å². The zero-order valence-corrected chi connectivity index (χ0v) is 16.3. The Balaban J connectivity index is 1.83. The van der Waals surface area contributed by atoms with Crippen LogP contribution < -0.4 is 0 Å². The summed E-state index contributed by atoms with van der Waals surface area (Å²) in [5.74, 6) is 0. The van der Waals surface area contributed by atoms with E-state index in [0.717, 1.165) is 0 Å². The van der Waals surface area contributed by atoms with E-state index in [1.807, 2.05) is 0 Å². The van der Waals surface area contributed by atoms with E-state index in [1.165, 1.54) is 22.3 Å². The first kappa shape index (κ1) is 15.4. The molecule has 23 heavy (non-hydrogen) atoms. The first-order valence-corrected chi connectivity index (χ1v) is 15.5. The Bertz CT molecular complexity index is 770. The Morgan fingerprint density at radius 3 is 1.78 bits per heavy atom. The first-order chi connectivity index (χ1) is 11.2. The van der Waals surface area contributed by atoms with Crippen LogP contribution in [0.25, 0.3) is 12.2 Å². The predicted molar refractivity (Wildman–Crippen MR) is 97.1 cm³/mol. The molecule has 0 nitrogen and oxygen atoms in total. The monoisotopic (exact) mass is 396 g/mol. The van der Waals surface area contributed by atoms with E-state index < -0.39 is 19.1 Å². The normalized spacial score (nSPS) is 23.9. The molecule has 2 atom stereocenters. The molecule has 114 valence electrons. The number of halogens is 1. The van der Waals surface area contributed by atoms with Crippen LogP contribution in [0.3, 0.4) is 0 Å². The third-order valence-corrected chi connectivity index (χ3v) is 17.7. The molecule has 2 aliphatic rings. The van der Waals surface area contributed by atoms with Gasteiger partial charge in [-0.15, -0.1) is 0 Å². The summed E-state index contributed by atoms with van der Waals surface area (Å²) in [5, 5.41) is 0. The van der Waals surface area contributed by atoms with Crippen molar-refractivity contribution in [3.8, 4) is 0 Å². The van der Waals surface area contributed by atoms with Crippen LogP contribution >= 0.6 is 8.51 Å². The Morgan fingerprint density at radius 2 is 1.30 bits per heavy atom. The van der Waals surface area contributed by atoms with Crippen LogP contribution in [0.1, 0.15) is 36.4 Å². The van der Waals surface area contributed by atoms with Gasteiger partial charge in [0.25, 0.3) is 0 Å². The third kappa shape index (κ3) is 2.46. The van der Waals surface area contributed by atoms with Crippen LogP contribution in [0, 0.1) is 0 Å². The molecule has 0 N–H and O–H groups in total. The average Bonchev–Trinajstić information content (AvgIpc) is 3.20. The van der Waals surface area contributed by atoms with Crippen molar-refractivity contribution >= 4 is 20.7 Å². The first-order valence-electron chi connectivity index (χ1n) is 8.11. The van der Waals surface area contributed by atoms with Crippen molar-refractivity contribution in [2.24, 2.45) is 0 Å². The van der Waals surface area contributed by atoms with Gasteiger partial charge in [-0.2, -0.15) is 0 Å². The zero-order valence-electron chi connectivity index (χ0n) is 13.1. The van der Waals surface area contributed by atoms with Gasteiger partial charge in [-0.3, -0.25) is 0 Å². The van der Waals surface area contributed by atoms with E-state index in [0.29, 0.717) is 7.25 Å². The maximum absolute atomic E-state index is 7.53. The van der Waals surface area contributed by atoms with Crippen LogP contribution in [0.2, 0.25) is 0 Å². The summed E-state index contributed by atoms with van der Waals surface area (Å²) < 4.78 is 3.16. The van der Waals surface area contributed by atoms with Crippen LogP contribution in [0.15, 0.2) is 70.5 Å². The molecule has 2 aromatic rings. The van der Waals surface area contributed by atoms with Crippen LogP contribution in [0.4, 0.5) is 0 Å². The van der Waals surface area contributed by atoms with E-state index in [4.69, 9.17) is 8.51 Å². The summed E-state index contributed by atoms with van der Waals surface area (Å²) >= 11 is -3.18. The zero-order chi connectivity index (χ0) is 15.9. The SMILES string of the molecule is CC=[CH][Zr]([Cl])([CH]1C=Cc2ccccc21)[CH]1C=Cc2ccccc21. The molecule has 2 aromatic carbocycles. The van der Waals surface area contributed by atoms with E-state index in [1.54, 1.807) is 0 Å². The second-order valence-electron chi connectivity index (χ2n) is 6.26. The van der Waals surface area contributed by atoms with Gasteiger partial charge in [0, 0.05) is 0 Å². The molecule has 0 radical (unpaired) electrons. The summed E-state index contributed by atoms with van der Waals surface area (Å²) in [6, 6.07) is 17.4. The Kier molecular flexibility index (Phi) is 4.04. The summed E-state index contributed by atoms with van der Waals surface area (Å²) in [6.07, 6.45) is 11.4. The molecular formula is C21H19ClZr. The van der Waals surface area contributed by atoms with Crippen molar-refractivity contribution in [2.75, 3.05) is 0 Å².